The van der Waals surface area contributed by atoms with Crippen molar-refractivity contribution in [1.82, 2.24) is 4.57 Å². The predicted octanol–water partition coefficient (Wildman–Crippen LogP) is 4.82. The summed E-state index contributed by atoms with van der Waals surface area (Å²) in [6.07, 6.45) is 1.72. The van der Waals surface area contributed by atoms with E-state index in [-0.39, 0.29) is 12.2 Å². The quantitative estimate of drug-likeness (QED) is 0.335. The Labute approximate surface area is 213 Å². The number of benzene rings is 2. The smallest absolute Gasteiger partial charge is 0.338 e. The molecule has 0 fully saturated rings. The summed E-state index contributed by atoms with van der Waals surface area (Å²) in [6, 6.07) is 20.4. The van der Waals surface area contributed by atoms with Crippen LogP contribution in [0.1, 0.15) is 31.2 Å². The van der Waals surface area contributed by atoms with E-state index in [1.54, 1.807) is 24.5 Å². The van der Waals surface area contributed by atoms with Crippen LogP contribution in [0, 0.1) is 0 Å². The molecular formula is C27H21BrN2O4S. The van der Waals surface area contributed by atoms with Crippen LogP contribution in [0.5, 0.6) is 0 Å². The minimum atomic E-state index is -0.623. The lowest BCUT2D eigenvalue weighted by Crippen LogP contribution is -2.39. The lowest BCUT2D eigenvalue weighted by molar-refractivity contribution is -0.139. The topological polar surface area (TPSA) is 73.8 Å². The van der Waals surface area contributed by atoms with E-state index in [0.717, 1.165) is 15.6 Å². The maximum atomic E-state index is 13.6. The molecule has 0 saturated heterocycles. The molecule has 0 N–H and O–H groups in total. The van der Waals surface area contributed by atoms with Gasteiger partial charge >= 0.3 is 5.97 Å². The molecule has 0 unspecified atom stereocenters. The Morgan fingerprint density at radius 3 is 2.71 bits per heavy atom. The Morgan fingerprint density at radius 2 is 1.97 bits per heavy atom. The number of hydrogen-bond donors (Lipinski definition) is 0. The molecule has 8 heteroatoms. The van der Waals surface area contributed by atoms with E-state index >= 15 is 0 Å². The molecule has 2 aromatic carbocycles. The van der Waals surface area contributed by atoms with Crippen molar-refractivity contribution >= 4 is 39.3 Å². The van der Waals surface area contributed by atoms with Gasteiger partial charge in [-0.05, 0) is 43.7 Å². The number of esters is 1. The highest BCUT2D eigenvalue weighted by Crippen LogP contribution is 2.30. The molecule has 5 rings (SSSR count). The van der Waals surface area contributed by atoms with Gasteiger partial charge in [0.25, 0.3) is 5.56 Å². The van der Waals surface area contributed by atoms with Gasteiger partial charge in [-0.1, -0.05) is 69.7 Å². The van der Waals surface area contributed by atoms with E-state index in [1.165, 1.54) is 11.3 Å². The minimum absolute atomic E-state index is 0.236. The summed E-state index contributed by atoms with van der Waals surface area (Å²) in [5, 5.41) is 0. The minimum Gasteiger partial charge on any atom is -0.463 e. The van der Waals surface area contributed by atoms with Crippen LogP contribution < -0.4 is 14.9 Å². The summed E-state index contributed by atoms with van der Waals surface area (Å²) in [4.78, 5) is 31.6. The van der Waals surface area contributed by atoms with Crippen molar-refractivity contribution in [1.29, 1.82) is 0 Å². The summed E-state index contributed by atoms with van der Waals surface area (Å²) >= 11 is 4.75. The molecule has 176 valence electrons. The van der Waals surface area contributed by atoms with Crippen LogP contribution in [0.4, 0.5) is 0 Å². The van der Waals surface area contributed by atoms with Gasteiger partial charge in [0.2, 0.25) is 0 Å². The highest BCUT2D eigenvalue weighted by Gasteiger charge is 2.33. The monoisotopic (exact) mass is 548 g/mol. The van der Waals surface area contributed by atoms with Crippen molar-refractivity contribution < 1.29 is 13.9 Å². The number of allylic oxidation sites excluding steroid dienone is 1. The van der Waals surface area contributed by atoms with Gasteiger partial charge in [-0.2, -0.15) is 0 Å². The van der Waals surface area contributed by atoms with Crippen molar-refractivity contribution in [2.45, 2.75) is 19.9 Å². The number of aromatic nitrogens is 1. The standard InChI is InChI=1S/C27H21BrN2O4S/c1-3-33-26(32)23-16(2)29-27-30(24(23)17-8-5-4-6-9-17)25(31)22(35-27)15-20-12-13-21(34-20)18-10-7-11-19(28)14-18/h4-15,24H,3H2,1-2H3/b22-15-/t24-/m1/s1. The number of carbonyl (C=O) groups is 1. The van der Waals surface area contributed by atoms with Crippen LogP contribution in [0.15, 0.2) is 96.7 Å². The van der Waals surface area contributed by atoms with Crippen molar-refractivity contribution in [3.8, 4) is 11.3 Å². The van der Waals surface area contributed by atoms with E-state index < -0.39 is 12.0 Å². The fraction of sp³-hybridized carbons (Fsp3) is 0.148. The SMILES string of the molecule is CCOC(=O)C1=C(C)N=c2s/c(=C\c3ccc(-c4cccc(Br)c4)o3)c(=O)n2[C@@H]1c1ccccc1. The van der Waals surface area contributed by atoms with Crippen LogP contribution in [0.3, 0.4) is 0 Å². The van der Waals surface area contributed by atoms with Crippen molar-refractivity contribution in [2.24, 2.45) is 4.99 Å². The number of thiazole rings is 1. The maximum Gasteiger partial charge on any atom is 0.338 e. The number of nitrogens with zero attached hydrogens (tertiary/aromatic N) is 2. The van der Waals surface area contributed by atoms with Crippen LogP contribution in [-0.4, -0.2) is 17.1 Å². The molecular weight excluding hydrogens is 528 g/mol. The molecule has 0 bridgehead atoms. The molecule has 1 aliphatic heterocycles. The second-order valence-electron chi connectivity index (χ2n) is 7.93. The predicted molar refractivity (Wildman–Crippen MR) is 139 cm³/mol. The fourth-order valence-electron chi connectivity index (χ4n) is 4.10. The number of furan rings is 1. The summed E-state index contributed by atoms with van der Waals surface area (Å²) in [7, 11) is 0. The van der Waals surface area contributed by atoms with Crippen molar-refractivity contribution in [2.75, 3.05) is 6.61 Å². The molecule has 0 radical (unpaired) electrons. The van der Waals surface area contributed by atoms with Gasteiger partial charge in [0, 0.05) is 16.1 Å². The number of rotatable bonds is 5. The second kappa shape index (κ2) is 9.64. The zero-order valence-corrected chi connectivity index (χ0v) is 21.4. The molecule has 0 aliphatic carbocycles. The van der Waals surface area contributed by atoms with Gasteiger partial charge in [-0.15, -0.1) is 0 Å². The van der Waals surface area contributed by atoms with Gasteiger partial charge in [-0.3, -0.25) is 9.36 Å². The van der Waals surface area contributed by atoms with Gasteiger partial charge in [0.1, 0.15) is 11.5 Å². The third-order valence-corrected chi connectivity index (χ3v) is 7.12. The van der Waals surface area contributed by atoms with E-state index in [4.69, 9.17) is 9.15 Å². The summed E-state index contributed by atoms with van der Waals surface area (Å²) in [5.41, 5.74) is 2.41. The lowest BCUT2D eigenvalue weighted by Gasteiger charge is -2.24. The van der Waals surface area contributed by atoms with Gasteiger partial charge in [-0.25, -0.2) is 9.79 Å². The zero-order chi connectivity index (χ0) is 24.5. The first-order valence-corrected chi connectivity index (χ1v) is 12.7. The summed E-state index contributed by atoms with van der Waals surface area (Å²) in [6.45, 7) is 3.77. The molecule has 0 spiro atoms. The molecule has 2 aromatic heterocycles. The number of ether oxygens (including phenoxy) is 1. The van der Waals surface area contributed by atoms with Crippen molar-refractivity contribution in [3.63, 3.8) is 0 Å². The number of carbonyl (C=O) groups excluding carboxylic acids is 1. The van der Waals surface area contributed by atoms with Crippen LogP contribution in [0.2, 0.25) is 0 Å². The van der Waals surface area contributed by atoms with E-state index in [9.17, 15) is 9.59 Å². The largest absolute Gasteiger partial charge is 0.463 e. The van der Waals surface area contributed by atoms with Crippen LogP contribution >= 0.6 is 27.3 Å². The van der Waals surface area contributed by atoms with Gasteiger partial charge in [0.15, 0.2) is 4.80 Å². The fourth-order valence-corrected chi connectivity index (χ4v) is 5.52. The van der Waals surface area contributed by atoms with Crippen LogP contribution in [0.25, 0.3) is 17.4 Å². The number of halogens is 1. The molecule has 3 heterocycles. The van der Waals surface area contributed by atoms with E-state index in [2.05, 4.69) is 20.9 Å². The zero-order valence-electron chi connectivity index (χ0n) is 19.0. The first kappa shape index (κ1) is 23.3. The van der Waals surface area contributed by atoms with E-state index in [1.807, 2.05) is 66.7 Å². The first-order valence-electron chi connectivity index (χ1n) is 11.1. The van der Waals surface area contributed by atoms with Gasteiger partial charge in [0.05, 0.1) is 28.5 Å². The van der Waals surface area contributed by atoms with E-state index in [0.29, 0.717) is 32.1 Å². The highest BCUT2D eigenvalue weighted by atomic mass is 79.9. The van der Waals surface area contributed by atoms with Crippen LogP contribution in [-0.2, 0) is 9.53 Å². The molecule has 0 amide bonds. The molecule has 1 atom stereocenters. The first-order chi connectivity index (χ1) is 17.0. The lowest BCUT2D eigenvalue weighted by atomic mass is 9.96. The molecule has 6 nitrogen and oxygen atoms in total. The Kier molecular flexibility index (Phi) is 6.40. The molecule has 4 aromatic rings. The number of hydrogen-bond acceptors (Lipinski definition) is 6. The Morgan fingerprint density at radius 1 is 1.17 bits per heavy atom. The highest BCUT2D eigenvalue weighted by molar-refractivity contribution is 9.10. The summed E-state index contributed by atoms with van der Waals surface area (Å²) < 4.78 is 14.3. The Hall–Kier alpha value is -3.49. The van der Waals surface area contributed by atoms with Crippen molar-refractivity contribution in [3.05, 3.63) is 113 Å². The third-order valence-electron chi connectivity index (χ3n) is 5.64. The Bertz CT molecular complexity index is 1630. The Balaban J connectivity index is 1.63. The number of fused-ring (bicyclic) bond motifs is 1. The average molecular weight is 549 g/mol. The summed E-state index contributed by atoms with van der Waals surface area (Å²) in [5.74, 6) is 0.789. The average Bonchev–Trinajstić information content (AvgIpc) is 3.43. The van der Waals surface area contributed by atoms with Gasteiger partial charge < -0.3 is 9.15 Å². The second-order valence-corrected chi connectivity index (χ2v) is 9.85. The molecule has 35 heavy (non-hydrogen) atoms. The maximum absolute atomic E-state index is 13.6. The molecule has 1 aliphatic rings. The molecule has 0 saturated carbocycles. The third kappa shape index (κ3) is 4.47. The normalized spacial score (nSPS) is 15.6.